The average Bonchev–Trinajstić information content (AvgIpc) is 2.14. The Balaban J connectivity index is 0.00000144. The Labute approximate surface area is 114 Å². The number of hydrogen-bond acceptors (Lipinski definition) is 2. The van der Waals surface area contributed by atoms with E-state index in [0.717, 1.165) is 13.1 Å². The summed E-state index contributed by atoms with van der Waals surface area (Å²) in [5.41, 5.74) is 0.123. The number of carbonyl (C=O) groups is 1. The van der Waals surface area contributed by atoms with Gasteiger partial charge in [0, 0.05) is 24.6 Å². The summed E-state index contributed by atoms with van der Waals surface area (Å²) in [6, 6.07) is 4.66. The van der Waals surface area contributed by atoms with Crippen molar-refractivity contribution in [3.8, 4) is 0 Å². The summed E-state index contributed by atoms with van der Waals surface area (Å²) >= 11 is 3.16. The van der Waals surface area contributed by atoms with Crippen LogP contribution >= 0.6 is 28.3 Å². The van der Waals surface area contributed by atoms with Crippen LogP contribution in [0, 0.1) is 5.82 Å². The lowest BCUT2D eigenvalue weighted by Crippen LogP contribution is -2.57. The number of benzene rings is 1. The maximum Gasteiger partial charge on any atom is 0.256 e. The van der Waals surface area contributed by atoms with E-state index in [1.54, 1.807) is 18.0 Å². The molecule has 1 heterocycles. The molecule has 0 bridgehead atoms. The minimum atomic E-state index is -0.487. The molecule has 1 aliphatic rings. The molecule has 0 aliphatic carbocycles. The highest BCUT2D eigenvalue weighted by Crippen LogP contribution is 2.17. The van der Waals surface area contributed by atoms with Crippen molar-refractivity contribution in [1.29, 1.82) is 0 Å². The monoisotopic (exact) mass is 322 g/mol. The lowest BCUT2D eigenvalue weighted by atomic mass is 10.1. The van der Waals surface area contributed by atoms with Gasteiger partial charge in [0.05, 0.1) is 11.6 Å². The Morgan fingerprint density at radius 1 is 1.53 bits per heavy atom. The van der Waals surface area contributed by atoms with Crippen LogP contribution in [-0.4, -0.2) is 37.0 Å². The van der Waals surface area contributed by atoms with Crippen LogP contribution in [-0.2, 0) is 0 Å². The Morgan fingerprint density at radius 3 is 2.65 bits per heavy atom. The van der Waals surface area contributed by atoms with Crippen LogP contribution in [0.2, 0.25) is 0 Å². The highest BCUT2D eigenvalue weighted by atomic mass is 79.9. The van der Waals surface area contributed by atoms with E-state index in [-0.39, 0.29) is 29.9 Å². The van der Waals surface area contributed by atoms with Crippen LogP contribution in [0.25, 0.3) is 0 Å². The third-order valence-corrected chi connectivity index (χ3v) is 3.28. The molecule has 94 valence electrons. The summed E-state index contributed by atoms with van der Waals surface area (Å²) in [5, 5.41) is 3.08. The van der Waals surface area contributed by atoms with Gasteiger partial charge in [0.25, 0.3) is 5.91 Å². The highest BCUT2D eigenvalue weighted by Gasteiger charge is 2.27. The molecule has 1 aromatic rings. The molecule has 6 heteroatoms. The zero-order valence-corrected chi connectivity index (χ0v) is 11.6. The van der Waals surface area contributed by atoms with E-state index < -0.39 is 5.82 Å². The van der Waals surface area contributed by atoms with E-state index in [1.165, 1.54) is 12.1 Å². The van der Waals surface area contributed by atoms with Gasteiger partial charge < -0.3 is 10.2 Å². The molecule has 1 saturated heterocycles. The average molecular weight is 324 g/mol. The minimum absolute atomic E-state index is 0. The Kier molecular flexibility index (Phi) is 4.91. The number of hydrogen-bond donors (Lipinski definition) is 1. The molecule has 17 heavy (non-hydrogen) atoms. The summed E-state index contributed by atoms with van der Waals surface area (Å²) in [7, 11) is 1.70. The van der Waals surface area contributed by atoms with Crippen molar-refractivity contribution in [1.82, 2.24) is 10.2 Å². The lowest BCUT2D eigenvalue weighted by molar-refractivity contribution is 0.0676. The molecule has 3 nitrogen and oxygen atoms in total. The molecule has 0 unspecified atom stereocenters. The first-order valence-corrected chi connectivity index (χ1v) is 5.82. The highest BCUT2D eigenvalue weighted by molar-refractivity contribution is 9.10. The van der Waals surface area contributed by atoms with Crippen LogP contribution in [0.1, 0.15) is 10.4 Å². The molecule has 1 amide bonds. The number of rotatable bonds is 2. The maximum absolute atomic E-state index is 13.6. The summed E-state index contributed by atoms with van der Waals surface area (Å²) < 4.78 is 14.2. The van der Waals surface area contributed by atoms with Gasteiger partial charge in [-0.1, -0.05) is 15.9 Å². The zero-order valence-electron chi connectivity index (χ0n) is 9.24. The maximum atomic E-state index is 13.6. The van der Waals surface area contributed by atoms with Crippen molar-refractivity contribution >= 4 is 34.2 Å². The predicted molar refractivity (Wildman–Crippen MR) is 70.1 cm³/mol. The standard InChI is InChI=1S/C11H12BrFN2O.ClH/c1-15(8-5-14-6-8)11(16)9-3-2-7(12)4-10(9)13;/h2-4,8,14H,5-6H2,1H3;1H. The Hall–Kier alpha value is -0.650. The van der Waals surface area contributed by atoms with Gasteiger partial charge in [0.2, 0.25) is 0 Å². The van der Waals surface area contributed by atoms with Gasteiger partial charge in [0.15, 0.2) is 0 Å². The summed E-state index contributed by atoms with van der Waals surface area (Å²) in [6.07, 6.45) is 0. The van der Waals surface area contributed by atoms with E-state index >= 15 is 0 Å². The van der Waals surface area contributed by atoms with Gasteiger partial charge in [-0.3, -0.25) is 4.79 Å². The number of nitrogens with one attached hydrogen (secondary N) is 1. The first-order valence-electron chi connectivity index (χ1n) is 5.02. The van der Waals surface area contributed by atoms with E-state index in [9.17, 15) is 9.18 Å². The van der Waals surface area contributed by atoms with Gasteiger partial charge in [-0.15, -0.1) is 12.4 Å². The van der Waals surface area contributed by atoms with Crippen LogP contribution in [0.15, 0.2) is 22.7 Å². The smallest absolute Gasteiger partial charge is 0.256 e. The molecule has 1 aliphatic heterocycles. The molecular formula is C11H13BrClFN2O. The second-order valence-electron chi connectivity index (χ2n) is 3.85. The lowest BCUT2D eigenvalue weighted by Gasteiger charge is -2.35. The predicted octanol–water partition coefficient (Wildman–Crippen LogP) is 2.05. The molecule has 2 rings (SSSR count). The molecule has 0 radical (unpaired) electrons. The third kappa shape index (κ3) is 2.97. The number of amides is 1. The van der Waals surface area contributed by atoms with E-state index in [1.807, 2.05) is 0 Å². The van der Waals surface area contributed by atoms with Crippen molar-refractivity contribution in [2.45, 2.75) is 6.04 Å². The van der Waals surface area contributed by atoms with Gasteiger partial charge >= 0.3 is 0 Å². The first-order chi connectivity index (χ1) is 7.59. The second-order valence-corrected chi connectivity index (χ2v) is 4.77. The molecule has 0 spiro atoms. The van der Waals surface area contributed by atoms with Crippen LogP contribution in [0.3, 0.4) is 0 Å². The number of nitrogens with zero attached hydrogens (tertiary/aromatic N) is 1. The first kappa shape index (κ1) is 14.4. The van der Waals surface area contributed by atoms with Crippen molar-refractivity contribution in [3.63, 3.8) is 0 Å². The van der Waals surface area contributed by atoms with E-state index in [4.69, 9.17) is 0 Å². The van der Waals surface area contributed by atoms with E-state index in [0.29, 0.717) is 4.47 Å². The van der Waals surface area contributed by atoms with E-state index in [2.05, 4.69) is 21.2 Å². The topological polar surface area (TPSA) is 32.3 Å². The van der Waals surface area contributed by atoms with Crippen molar-refractivity contribution in [2.75, 3.05) is 20.1 Å². The van der Waals surface area contributed by atoms with Gasteiger partial charge in [-0.25, -0.2) is 4.39 Å². The van der Waals surface area contributed by atoms with Gasteiger partial charge in [-0.2, -0.15) is 0 Å². The number of likely N-dealkylation sites (N-methyl/N-ethyl adjacent to an activating group) is 1. The quantitative estimate of drug-likeness (QED) is 0.903. The van der Waals surface area contributed by atoms with Crippen molar-refractivity contribution in [3.05, 3.63) is 34.1 Å². The number of halogens is 3. The molecule has 0 atom stereocenters. The fourth-order valence-electron chi connectivity index (χ4n) is 1.57. The van der Waals surface area contributed by atoms with Crippen molar-refractivity contribution in [2.24, 2.45) is 0 Å². The zero-order chi connectivity index (χ0) is 11.7. The molecule has 0 saturated carbocycles. The summed E-state index contributed by atoms with van der Waals surface area (Å²) in [4.78, 5) is 13.5. The van der Waals surface area contributed by atoms with Crippen LogP contribution in [0.5, 0.6) is 0 Å². The minimum Gasteiger partial charge on any atom is -0.336 e. The summed E-state index contributed by atoms with van der Waals surface area (Å²) in [6.45, 7) is 1.56. The second kappa shape index (κ2) is 5.80. The SMILES string of the molecule is CN(C(=O)c1ccc(Br)cc1F)C1CNC1.Cl. The molecule has 1 N–H and O–H groups in total. The third-order valence-electron chi connectivity index (χ3n) is 2.79. The van der Waals surface area contributed by atoms with Crippen LogP contribution in [0.4, 0.5) is 4.39 Å². The fraction of sp³-hybridized carbons (Fsp3) is 0.364. The molecule has 1 aromatic carbocycles. The van der Waals surface area contributed by atoms with Crippen molar-refractivity contribution < 1.29 is 9.18 Å². The Morgan fingerprint density at radius 2 is 2.18 bits per heavy atom. The van der Waals surface area contributed by atoms with Crippen LogP contribution < -0.4 is 5.32 Å². The van der Waals surface area contributed by atoms with Gasteiger partial charge in [-0.05, 0) is 18.2 Å². The summed E-state index contributed by atoms with van der Waals surface area (Å²) in [5.74, 6) is -0.755. The Bertz CT molecular complexity index is 426. The fourth-order valence-corrected chi connectivity index (χ4v) is 1.90. The molecular weight excluding hydrogens is 310 g/mol. The number of carbonyl (C=O) groups excluding carboxylic acids is 1. The normalized spacial score (nSPS) is 14.8. The molecule has 0 aromatic heterocycles. The van der Waals surface area contributed by atoms with Gasteiger partial charge in [0.1, 0.15) is 5.82 Å². The molecule has 1 fully saturated rings. The largest absolute Gasteiger partial charge is 0.336 e.